The number of nitrogens with zero attached hydrogens (tertiary/aromatic N) is 2. The Labute approximate surface area is 147 Å². The molecule has 2 heterocycles. The molecule has 0 saturated carbocycles. The van der Waals surface area contributed by atoms with Crippen molar-refractivity contribution in [1.82, 2.24) is 9.80 Å². The van der Waals surface area contributed by atoms with Gasteiger partial charge in [-0.25, -0.2) is 0 Å². The molecule has 130 valence electrons. The minimum absolute atomic E-state index is 0.0413. The van der Waals surface area contributed by atoms with E-state index >= 15 is 0 Å². The SMILES string of the molecule is CC(C)N1C(=O)c2ccc(C(=O)N3CC4CC=CCC4C3)cc2C1=O. The summed E-state index contributed by atoms with van der Waals surface area (Å²) in [5.74, 6) is 0.475. The fourth-order valence-electron chi connectivity index (χ4n) is 4.22. The lowest BCUT2D eigenvalue weighted by Gasteiger charge is -2.17. The summed E-state index contributed by atoms with van der Waals surface area (Å²) in [6, 6.07) is 4.70. The van der Waals surface area contributed by atoms with Gasteiger partial charge in [0.15, 0.2) is 0 Å². The minimum atomic E-state index is -0.302. The highest BCUT2D eigenvalue weighted by atomic mass is 16.2. The largest absolute Gasteiger partial charge is 0.338 e. The molecule has 2 atom stereocenters. The number of fused-ring (bicyclic) bond motifs is 2. The van der Waals surface area contributed by atoms with Gasteiger partial charge in [-0.2, -0.15) is 0 Å². The number of carbonyl (C=O) groups excluding carboxylic acids is 3. The molecule has 3 aliphatic rings. The second kappa shape index (κ2) is 5.83. The molecule has 5 nitrogen and oxygen atoms in total. The van der Waals surface area contributed by atoms with E-state index in [1.807, 2.05) is 18.7 Å². The molecular weight excluding hydrogens is 316 g/mol. The summed E-state index contributed by atoms with van der Waals surface area (Å²) < 4.78 is 0. The maximum absolute atomic E-state index is 12.9. The summed E-state index contributed by atoms with van der Waals surface area (Å²) in [6.45, 7) is 5.17. The van der Waals surface area contributed by atoms with E-state index in [1.54, 1.807) is 18.2 Å². The first-order chi connectivity index (χ1) is 12.0. The molecule has 1 fully saturated rings. The van der Waals surface area contributed by atoms with Crippen LogP contribution in [0.15, 0.2) is 30.4 Å². The van der Waals surface area contributed by atoms with Gasteiger partial charge in [-0.15, -0.1) is 0 Å². The Morgan fingerprint density at radius 1 is 1.00 bits per heavy atom. The number of rotatable bonds is 2. The highest BCUT2D eigenvalue weighted by Crippen LogP contribution is 2.34. The number of carbonyl (C=O) groups is 3. The highest BCUT2D eigenvalue weighted by molar-refractivity contribution is 6.22. The van der Waals surface area contributed by atoms with Crippen molar-refractivity contribution in [3.63, 3.8) is 0 Å². The minimum Gasteiger partial charge on any atom is -0.338 e. The number of likely N-dealkylation sites (tertiary alicyclic amines) is 1. The van der Waals surface area contributed by atoms with E-state index in [4.69, 9.17) is 0 Å². The third-order valence-corrected chi connectivity index (χ3v) is 5.59. The van der Waals surface area contributed by atoms with Gasteiger partial charge in [0.2, 0.25) is 0 Å². The topological polar surface area (TPSA) is 57.7 Å². The van der Waals surface area contributed by atoms with Crippen molar-refractivity contribution in [1.29, 1.82) is 0 Å². The number of allylic oxidation sites excluding steroid dienone is 2. The molecule has 2 unspecified atom stereocenters. The second-order valence-electron chi connectivity index (χ2n) is 7.51. The molecule has 0 N–H and O–H groups in total. The number of imide groups is 1. The van der Waals surface area contributed by atoms with Gasteiger partial charge >= 0.3 is 0 Å². The van der Waals surface area contributed by atoms with Gasteiger partial charge < -0.3 is 4.90 Å². The predicted molar refractivity (Wildman–Crippen MR) is 93.3 cm³/mol. The van der Waals surface area contributed by atoms with Gasteiger partial charge in [0.05, 0.1) is 11.1 Å². The fraction of sp³-hybridized carbons (Fsp3) is 0.450. The molecule has 1 aromatic carbocycles. The van der Waals surface area contributed by atoms with E-state index in [1.165, 1.54) is 4.90 Å². The van der Waals surface area contributed by atoms with Crippen molar-refractivity contribution in [2.75, 3.05) is 13.1 Å². The standard InChI is InChI=1S/C20H22N2O3/c1-12(2)22-19(24)16-8-7-13(9-17(16)20(22)25)18(23)21-10-14-5-3-4-6-15(14)11-21/h3-4,7-9,12,14-15H,5-6,10-11H2,1-2H3. The first kappa shape index (κ1) is 16.1. The van der Waals surface area contributed by atoms with Crippen molar-refractivity contribution in [2.24, 2.45) is 11.8 Å². The van der Waals surface area contributed by atoms with E-state index in [0.717, 1.165) is 25.9 Å². The Balaban J connectivity index is 1.58. The van der Waals surface area contributed by atoms with Crippen LogP contribution in [0.4, 0.5) is 0 Å². The van der Waals surface area contributed by atoms with E-state index in [-0.39, 0.29) is 23.8 Å². The summed E-state index contributed by atoms with van der Waals surface area (Å²) in [5.41, 5.74) is 1.24. The molecule has 4 rings (SSSR count). The molecule has 25 heavy (non-hydrogen) atoms. The monoisotopic (exact) mass is 338 g/mol. The molecule has 0 aromatic heterocycles. The zero-order valence-electron chi connectivity index (χ0n) is 14.6. The molecule has 1 aliphatic carbocycles. The van der Waals surface area contributed by atoms with E-state index < -0.39 is 0 Å². The third-order valence-electron chi connectivity index (χ3n) is 5.59. The van der Waals surface area contributed by atoms with Crippen molar-refractivity contribution >= 4 is 17.7 Å². The average Bonchev–Trinajstić information content (AvgIpc) is 3.13. The third kappa shape index (κ3) is 2.49. The Kier molecular flexibility index (Phi) is 3.74. The van der Waals surface area contributed by atoms with Gasteiger partial charge in [-0.05, 0) is 56.7 Å². The highest BCUT2D eigenvalue weighted by Gasteiger charge is 2.39. The maximum atomic E-state index is 12.9. The molecule has 0 spiro atoms. The van der Waals surface area contributed by atoms with E-state index in [2.05, 4.69) is 12.2 Å². The molecule has 3 amide bonds. The Bertz CT molecular complexity index is 780. The number of hydrogen-bond acceptors (Lipinski definition) is 3. The quantitative estimate of drug-likeness (QED) is 0.615. The van der Waals surface area contributed by atoms with Crippen molar-refractivity contribution in [3.8, 4) is 0 Å². The van der Waals surface area contributed by atoms with E-state index in [0.29, 0.717) is 28.5 Å². The van der Waals surface area contributed by atoms with Crippen LogP contribution in [0, 0.1) is 11.8 Å². The van der Waals surface area contributed by atoms with Crippen LogP contribution in [-0.2, 0) is 0 Å². The molecule has 1 aromatic rings. The first-order valence-corrected chi connectivity index (χ1v) is 8.93. The smallest absolute Gasteiger partial charge is 0.261 e. The normalized spacial score (nSPS) is 24.9. The molecule has 0 bridgehead atoms. The Morgan fingerprint density at radius 3 is 2.20 bits per heavy atom. The maximum Gasteiger partial charge on any atom is 0.261 e. The van der Waals surface area contributed by atoms with Crippen LogP contribution in [0.1, 0.15) is 57.8 Å². The van der Waals surface area contributed by atoms with Gasteiger partial charge in [-0.1, -0.05) is 12.2 Å². The number of benzene rings is 1. The van der Waals surface area contributed by atoms with Crippen LogP contribution in [0.25, 0.3) is 0 Å². The van der Waals surface area contributed by atoms with Crippen LogP contribution in [-0.4, -0.2) is 46.7 Å². The summed E-state index contributed by atoms with van der Waals surface area (Å²) in [4.78, 5) is 40.9. The van der Waals surface area contributed by atoms with Crippen LogP contribution < -0.4 is 0 Å². The van der Waals surface area contributed by atoms with E-state index in [9.17, 15) is 14.4 Å². The molecule has 0 radical (unpaired) electrons. The number of amides is 3. The van der Waals surface area contributed by atoms with Crippen molar-refractivity contribution in [3.05, 3.63) is 47.0 Å². The van der Waals surface area contributed by atoms with Crippen LogP contribution >= 0.6 is 0 Å². The van der Waals surface area contributed by atoms with Crippen LogP contribution in [0.2, 0.25) is 0 Å². The lowest BCUT2D eigenvalue weighted by molar-refractivity contribution is 0.0608. The van der Waals surface area contributed by atoms with Crippen LogP contribution in [0.3, 0.4) is 0 Å². The number of hydrogen-bond donors (Lipinski definition) is 0. The zero-order chi connectivity index (χ0) is 17.7. The Hall–Kier alpha value is -2.43. The molecule has 1 saturated heterocycles. The predicted octanol–water partition coefficient (Wildman–Crippen LogP) is 2.73. The lowest BCUT2D eigenvalue weighted by atomic mass is 9.86. The summed E-state index contributed by atoms with van der Waals surface area (Å²) in [6.07, 6.45) is 6.48. The zero-order valence-corrected chi connectivity index (χ0v) is 14.6. The van der Waals surface area contributed by atoms with Gasteiger partial charge in [-0.3, -0.25) is 19.3 Å². The summed E-state index contributed by atoms with van der Waals surface area (Å²) in [7, 11) is 0. The van der Waals surface area contributed by atoms with Crippen molar-refractivity contribution < 1.29 is 14.4 Å². The summed E-state index contributed by atoms with van der Waals surface area (Å²) in [5, 5.41) is 0. The van der Waals surface area contributed by atoms with Crippen LogP contribution in [0.5, 0.6) is 0 Å². The average molecular weight is 338 g/mol. The summed E-state index contributed by atoms with van der Waals surface area (Å²) >= 11 is 0. The molecule has 5 heteroatoms. The lowest BCUT2D eigenvalue weighted by Crippen LogP contribution is -2.35. The van der Waals surface area contributed by atoms with Gasteiger partial charge in [0.1, 0.15) is 0 Å². The van der Waals surface area contributed by atoms with Gasteiger partial charge in [0, 0.05) is 24.7 Å². The fourth-order valence-corrected chi connectivity index (χ4v) is 4.22. The molecular formula is C20H22N2O3. The van der Waals surface area contributed by atoms with Gasteiger partial charge in [0.25, 0.3) is 17.7 Å². The Morgan fingerprint density at radius 2 is 1.60 bits per heavy atom. The first-order valence-electron chi connectivity index (χ1n) is 8.93. The van der Waals surface area contributed by atoms with Crippen molar-refractivity contribution in [2.45, 2.75) is 32.7 Å². The second-order valence-corrected chi connectivity index (χ2v) is 7.51. The molecule has 2 aliphatic heterocycles.